The summed E-state index contributed by atoms with van der Waals surface area (Å²) in [7, 11) is 1.59. The number of benzene rings is 3. The van der Waals surface area contributed by atoms with Crippen molar-refractivity contribution >= 4 is 27.8 Å². The summed E-state index contributed by atoms with van der Waals surface area (Å²) in [5.41, 5.74) is 3.18. The van der Waals surface area contributed by atoms with Crippen LogP contribution in [0.3, 0.4) is 0 Å². The number of carbonyl (C=O) groups excluding carboxylic acids is 1. The summed E-state index contributed by atoms with van der Waals surface area (Å²) in [6.45, 7) is 1.78. The van der Waals surface area contributed by atoms with Crippen molar-refractivity contribution in [3.63, 3.8) is 0 Å². The van der Waals surface area contributed by atoms with E-state index in [0.29, 0.717) is 30.3 Å². The molecule has 0 radical (unpaired) electrons. The lowest BCUT2D eigenvalue weighted by molar-refractivity contribution is 0.0949. The number of methoxy groups -OCH3 is 1. The molecule has 0 saturated carbocycles. The van der Waals surface area contributed by atoms with Crippen LogP contribution in [0.1, 0.15) is 27.0 Å². The van der Waals surface area contributed by atoms with Gasteiger partial charge in [0.25, 0.3) is 0 Å². The van der Waals surface area contributed by atoms with Crippen molar-refractivity contribution in [2.24, 2.45) is 0 Å². The van der Waals surface area contributed by atoms with Gasteiger partial charge in [-0.25, -0.2) is 4.39 Å². The highest BCUT2D eigenvalue weighted by molar-refractivity contribution is 9.10. The van der Waals surface area contributed by atoms with Crippen LogP contribution >= 0.6 is 15.9 Å². The fourth-order valence-electron chi connectivity index (χ4n) is 4.05. The van der Waals surface area contributed by atoms with Crippen molar-refractivity contribution in [2.75, 3.05) is 20.4 Å². The van der Waals surface area contributed by atoms with E-state index in [-0.39, 0.29) is 17.4 Å². The molecular formula is C26H21BrFNO4. The minimum atomic E-state index is -0.240. The fourth-order valence-corrected chi connectivity index (χ4v) is 4.42. The van der Waals surface area contributed by atoms with Crippen LogP contribution in [0.5, 0.6) is 17.2 Å². The van der Waals surface area contributed by atoms with Crippen molar-refractivity contribution in [3.05, 3.63) is 92.9 Å². The Labute approximate surface area is 199 Å². The minimum absolute atomic E-state index is 0.168. The summed E-state index contributed by atoms with van der Waals surface area (Å²) < 4.78 is 31.5. The molecule has 2 aliphatic rings. The van der Waals surface area contributed by atoms with E-state index in [4.69, 9.17) is 14.2 Å². The highest BCUT2D eigenvalue weighted by Crippen LogP contribution is 2.42. The van der Waals surface area contributed by atoms with Gasteiger partial charge in [-0.15, -0.1) is 0 Å². The number of hydrogen-bond donors (Lipinski definition) is 0. The topological polar surface area (TPSA) is 48.0 Å². The van der Waals surface area contributed by atoms with E-state index >= 15 is 0 Å². The molecule has 33 heavy (non-hydrogen) atoms. The molecule has 3 aromatic rings. The van der Waals surface area contributed by atoms with Gasteiger partial charge in [-0.3, -0.25) is 9.69 Å². The molecule has 0 amide bonds. The summed E-state index contributed by atoms with van der Waals surface area (Å²) in [5.74, 6) is 1.76. The molecule has 0 bridgehead atoms. The average molecular weight is 510 g/mol. The Hall–Kier alpha value is -3.16. The van der Waals surface area contributed by atoms with E-state index in [0.717, 1.165) is 39.9 Å². The maximum absolute atomic E-state index is 13.2. The van der Waals surface area contributed by atoms with Gasteiger partial charge in [0.2, 0.25) is 5.78 Å². The number of rotatable bonds is 5. The van der Waals surface area contributed by atoms with Gasteiger partial charge >= 0.3 is 0 Å². The third kappa shape index (κ3) is 4.38. The predicted octanol–water partition coefficient (Wildman–Crippen LogP) is 5.61. The van der Waals surface area contributed by atoms with E-state index < -0.39 is 0 Å². The minimum Gasteiger partial charge on any atom is -0.496 e. The Morgan fingerprint density at radius 3 is 2.76 bits per heavy atom. The molecule has 3 aromatic carbocycles. The number of allylic oxidation sites excluding steroid dienone is 1. The number of Topliss-reactive ketones (excluding diaryl/α,β-unsaturated/α-hetero) is 1. The fraction of sp³-hybridized carbons (Fsp3) is 0.192. The number of fused-ring (bicyclic) bond motifs is 3. The van der Waals surface area contributed by atoms with Crippen molar-refractivity contribution in [1.82, 2.24) is 4.90 Å². The van der Waals surface area contributed by atoms with Gasteiger partial charge in [0.05, 0.1) is 18.2 Å². The summed E-state index contributed by atoms with van der Waals surface area (Å²) >= 11 is 3.46. The Bertz CT molecular complexity index is 1260. The molecule has 0 N–H and O–H groups in total. The molecule has 0 fully saturated rings. The number of carbonyl (C=O) groups is 1. The molecule has 5 nitrogen and oxygen atoms in total. The molecule has 7 heteroatoms. The van der Waals surface area contributed by atoms with Gasteiger partial charge in [0, 0.05) is 23.1 Å². The third-order valence-electron chi connectivity index (χ3n) is 5.79. The first-order valence-electron chi connectivity index (χ1n) is 10.5. The van der Waals surface area contributed by atoms with Crippen LogP contribution in [-0.2, 0) is 13.0 Å². The van der Waals surface area contributed by atoms with Crippen LogP contribution in [0.15, 0.2) is 64.8 Å². The van der Waals surface area contributed by atoms with Gasteiger partial charge < -0.3 is 14.2 Å². The highest BCUT2D eigenvalue weighted by atomic mass is 79.9. The first-order valence-corrected chi connectivity index (χ1v) is 11.3. The normalized spacial score (nSPS) is 16.2. The Balaban J connectivity index is 1.38. The molecule has 2 aliphatic heterocycles. The second kappa shape index (κ2) is 9.00. The molecule has 0 aromatic heterocycles. The third-order valence-corrected chi connectivity index (χ3v) is 6.28. The SMILES string of the molecule is COc1ccc(Br)cc1/C=C1\Oc2c(ccc3c2CN(CCc2ccc(F)cc2)CO3)C1=O. The van der Waals surface area contributed by atoms with Crippen LogP contribution in [0.25, 0.3) is 6.08 Å². The van der Waals surface area contributed by atoms with Crippen molar-refractivity contribution in [1.29, 1.82) is 0 Å². The van der Waals surface area contributed by atoms with Crippen LogP contribution in [0.4, 0.5) is 4.39 Å². The van der Waals surface area contributed by atoms with Crippen molar-refractivity contribution in [2.45, 2.75) is 13.0 Å². The summed E-state index contributed by atoms with van der Waals surface area (Å²) in [4.78, 5) is 15.2. The van der Waals surface area contributed by atoms with E-state index in [1.165, 1.54) is 12.1 Å². The van der Waals surface area contributed by atoms with E-state index in [1.807, 2.05) is 24.3 Å². The zero-order chi connectivity index (χ0) is 22.9. The monoisotopic (exact) mass is 509 g/mol. The van der Waals surface area contributed by atoms with Gasteiger partial charge in [-0.1, -0.05) is 28.1 Å². The number of nitrogens with zero attached hydrogens (tertiary/aromatic N) is 1. The number of halogens is 2. The van der Waals surface area contributed by atoms with Crippen LogP contribution < -0.4 is 14.2 Å². The zero-order valence-electron chi connectivity index (χ0n) is 17.9. The predicted molar refractivity (Wildman–Crippen MR) is 126 cm³/mol. The molecule has 0 spiro atoms. The largest absolute Gasteiger partial charge is 0.496 e. The molecule has 0 aliphatic carbocycles. The molecule has 2 heterocycles. The second-order valence-electron chi connectivity index (χ2n) is 7.95. The first kappa shape index (κ1) is 21.7. The van der Waals surface area contributed by atoms with E-state index in [1.54, 1.807) is 31.4 Å². The average Bonchev–Trinajstić information content (AvgIpc) is 3.14. The van der Waals surface area contributed by atoms with E-state index in [9.17, 15) is 9.18 Å². The van der Waals surface area contributed by atoms with Gasteiger partial charge in [0.15, 0.2) is 5.76 Å². The molecule has 5 rings (SSSR count). The van der Waals surface area contributed by atoms with E-state index in [2.05, 4.69) is 20.8 Å². The van der Waals surface area contributed by atoms with Crippen LogP contribution in [-0.4, -0.2) is 31.1 Å². The lowest BCUT2D eigenvalue weighted by Gasteiger charge is -2.29. The smallest absolute Gasteiger partial charge is 0.231 e. The Morgan fingerprint density at radius 2 is 1.97 bits per heavy atom. The molecule has 0 unspecified atom stereocenters. The lowest BCUT2D eigenvalue weighted by Crippen LogP contribution is -2.33. The van der Waals surface area contributed by atoms with Gasteiger partial charge in [-0.2, -0.15) is 0 Å². The van der Waals surface area contributed by atoms with Crippen molar-refractivity contribution < 1.29 is 23.4 Å². The number of ether oxygens (including phenoxy) is 3. The van der Waals surface area contributed by atoms with Crippen LogP contribution in [0.2, 0.25) is 0 Å². The standard InChI is InChI=1S/C26H21BrFNO4/c1-31-22-8-4-18(27)12-17(22)13-24-25(30)20-7-9-23-21(26(20)33-24)14-29(15-32-23)11-10-16-2-5-19(28)6-3-16/h2-9,12-13H,10-11,14-15H2,1H3/b24-13-. The number of hydrogen-bond acceptors (Lipinski definition) is 5. The molecule has 0 saturated heterocycles. The maximum atomic E-state index is 13.2. The first-order chi connectivity index (χ1) is 16.0. The van der Waals surface area contributed by atoms with Gasteiger partial charge in [0.1, 0.15) is 29.8 Å². The Morgan fingerprint density at radius 1 is 1.15 bits per heavy atom. The number of ketones is 1. The summed E-state index contributed by atoms with van der Waals surface area (Å²) in [6.07, 6.45) is 2.47. The quantitative estimate of drug-likeness (QED) is 0.418. The van der Waals surface area contributed by atoms with Gasteiger partial charge in [-0.05, 0) is 60.5 Å². The highest BCUT2D eigenvalue weighted by Gasteiger charge is 2.33. The summed E-state index contributed by atoms with van der Waals surface area (Å²) in [5, 5.41) is 0. The van der Waals surface area contributed by atoms with Crippen molar-refractivity contribution in [3.8, 4) is 17.2 Å². The maximum Gasteiger partial charge on any atom is 0.231 e. The second-order valence-corrected chi connectivity index (χ2v) is 8.86. The Kier molecular flexibility index (Phi) is 5.91. The molecule has 0 atom stereocenters. The molecule has 168 valence electrons. The summed E-state index contributed by atoms with van der Waals surface area (Å²) in [6, 6.07) is 15.7. The zero-order valence-corrected chi connectivity index (χ0v) is 19.5. The van der Waals surface area contributed by atoms with Crippen LogP contribution in [0, 0.1) is 5.82 Å². The molecular weight excluding hydrogens is 489 g/mol. The lowest BCUT2D eigenvalue weighted by atomic mass is 10.0.